The summed E-state index contributed by atoms with van der Waals surface area (Å²) in [7, 11) is 0. The zero-order valence-corrected chi connectivity index (χ0v) is 11.5. The Morgan fingerprint density at radius 3 is 2.72 bits per heavy atom. The molecule has 1 aliphatic carbocycles. The van der Waals surface area contributed by atoms with Crippen molar-refractivity contribution in [2.45, 2.75) is 33.1 Å². The maximum Gasteiger partial charge on any atom is 0.162 e. The van der Waals surface area contributed by atoms with Gasteiger partial charge in [-0.3, -0.25) is 0 Å². The lowest BCUT2D eigenvalue weighted by Gasteiger charge is -2.29. The maximum absolute atomic E-state index is 6.18. The van der Waals surface area contributed by atoms with Gasteiger partial charge in [0.05, 0.1) is 10.6 Å². The van der Waals surface area contributed by atoms with E-state index in [0.29, 0.717) is 5.41 Å². The van der Waals surface area contributed by atoms with Crippen LogP contribution < -0.4 is 5.73 Å². The number of aryl methyl sites for hydroxylation is 1. The number of nitrogens with zero attached hydrogens (tertiary/aromatic N) is 2. The fraction of sp³-hybridized carbons (Fsp3) is 0.429. The summed E-state index contributed by atoms with van der Waals surface area (Å²) in [6.07, 6.45) is 6.99. The van der Waals surface area contributed by atoms with E-state index in [0.717, 1.165) is 29.2 Å². The molecule has 2 aromatic rings. The average molecular weight is 259 g/mol. The van der Waals surface area contributed by atoms with Crippen molar-refractivity contribution in [2.24, 2.45) is 5.41 Å². The first-order valence-corrected chi connectivity index (χ1v) is 7.06. The molecule has 3 rings (SSSR count). The molecular formula is C14H17N3S. The van der Waals surface area contributed by atoms with Gasteiger partial charge in [0, 0.05) is 17.3 Å². The predicted octanol–water partition coefficient (Wildman–Crippen LogP) is 3.30. The number of hydrogen-bond acceptors (Lipinski definition) is 4. The van der Waals surface area contributed by atoms with Crippen molar-refractivity contribution >= 4 is 16.3 Å². The highest BCUT2D eigenvalue weighted by molar-refractivity contribution is 7.16. The quantitative estimate of drug-likeness (QED) is 0.855. The summed E-state index contributed by atoms with van der Waals surface area (Å²) in [5.74, 6) is 0.769. The Morgan fingerprint density at radius 2 is 2.00 bits per heavy atom. The largest absolute Gasteiger partial charge is 0.390 e. The van der Waals surface area contributed by atoms with Crippen molar-refractivity contribution in [3.63, 3.8) is 0 Å². The Kier molecular flexibility index (Phi) is 2.63. The van der Waals surface area contributed by atoms with E-state index < -0.39 is 0 Å². The van der Waals surface area contributed by atoms with Gasteiger partial charge >= 0.3 is 0 Å². The number of fused-ring (bicyclic) bond motifs is 1. The minimum absolute atomic E-state index is 0.351. The van der Waals surface area contributed by atoms with Crippen LogP contribution in [0.5, 0.6) is 0 Å². The van der Waals surface area contributed by atoms with Crippen molar-refractivity contribution in [2.75, 3.05) is 5.73 Å². The standard InChI is InChI=1S/C14H17N3S/c1-14(2)5-4-10-9(8-14)11(12(15)18-10)13-16-6-3-7-17-13/h3,6-7H,4-5,8,15H2,1-2H3. The predicted molar refractivity (Wildman–Crippen MR) is 75.6 cm³/mol. The van der Waals surface area contributed by atoms with Gasteiger partial charge in [-0.05, 0) is 36.3 Å². The van der Waals surface area contributed by atoms with Gasteiger partial charge in [-0.25, -0.2) is 9.97 Å². The summed E-state index contributed by atoms with van der Waals surface area (Å²) in [4.78, 5) is 10.1. The first kappa shape index (κ1) is 11.7. The molecule has 18 heavy (non-hydrogen) atoms. The summed E-state index contributed by atoms with van der Waals surface area (Å²) in [6.45, 7) is 4.64. The molecule has 0 amide bonds. The molecular weight excluding hydrogens is 242 g/mol. The summed E-state index contributed by atoms with van der Waals surface area (Å²) in [5.41, 5.74) is 8.98. The van der Waals surface area contributed by atoms with Gasteiger partial charge in [-0.1, -0.05) is 13.8 Å². The molecule has 2 aromatic heterocycles. The Balaban J connectivity index is 2.14. The molecule has 0 unspecified atom stereocenters. The van der Waals surface area contributed by atoms with Crippen molar-refractivity contribution in [3.05, 3.63) is 28.9 Å². The fourth-order valence-electron chi connectivity index (χ4n) is 2.61. The number of nitrogens with two attached hydrogens (primary N) is 1. The molecule has 0 spiro atoms. The molecule has 0 bridgehead atoms. The molecule has 0 radical (unpaired) electrons. The van der Waals surface area contributed by atoms with Crippen LogP contribution in [0, 0.1) is 5.41 Å². The highest BCUT2D eigenvalue weighted by atomic mass is 32.1. The van der Waals surface area contributed by atoms with Crippen LogP contribution >= 0.6 is 11.3 Å². The van der Waals surface area contributed by atoms with Crippen LogP contribution in [0.25, 0.3) is 11.4 Å². The summed E-state index contributed by atoms with van der Waals surface area (Å²) < 4.78 is 0. The minimum Gasteiger partial charge on any atom is -0.390 e. The third kappa shape index (κ3) is 1.90. The number of nitrogen functional groups attached to an aromatic ring is 1. The van der Waals surface area contributed by atoms with E-state index in [1.54, 1.807) is 23.7 Å². The van der Waals surface area contributed by atoms with Crippen LogP contribution in [0.1, 0.15) is 30.7 Å². The molecule has 0 fully saturated rings. The lowest BCUT2D eigenvalue weighted by atomic mass is 9.76. The highest BCUT2D eigenvalue weighted by Gasteiger charge is 2.30. The topological polar surface area (TPSA) is 51.8 Å². The zero-order valence-electron chi connectivity index (χ0n) is 10.7. The van der Waals surface area contributed by atoms with Gasteiger partial charge in [0.25, 0.3) is 0 Å². The molecule has 0 saturated carbocycles. The minimum atomic E-state index is 0.351. The Morgan fingerprint density at radius 1 is 1.28 bits per heavy atom. The second kappa shape index (κ2) is 4.05. The van der Waals surface area contributed by atoms with E-state index in [1.807, 2.05) is 6.07 Å². The third-order valence-electron chi connectivity index (χ3n) is 3.59. The first-order valence-electron chi connectivity index (χ1n) is 6.24. The van der Waals surface area contributed by atoms with Crippen molar-refractivity contribution in [1.82, 2.24) is 9.97 Å². The Labute approximate surface area is 111 Å². The molecule has 3 nitrogen and oxygen atoms in total. The van der Waals surface area contributed by atoms with Crippen molar-refractivity contribution in [3.8, 4) is 11.4 Å². The number of thiophene rings is 1. The number of hydrogen-bond donors (Lipinski definition) is 1. The Hall–Kier alpha value is -1.42. The zero-order chi connectivity index (χ0) is 12.8. The number of anilines is 1. The number of rotatable bonds is 1. The van der Waals surface area contributed by atoms with Crippen LogP contribution in [0.15, 0.2) is 18.5 Å². The molecule has 0 aliphatic heterocycles. The molecule has 4 heteroatoms. The van der Waals surface area contributed by atoms with Crippen LogP contribution in [0.3, 0.4) is 0 Å². The second-order valence-electron chi connectivity index (χ2n) is 5.66. The molecule has 0 atom stereocenters. The normalized spacial score (nSPS) is 17.4. The molecule has 94 valence electrons. The summed E-state index contributed by atoms with van der Waals surface area (Å²) in [6, 6.07) is 1.84. The van der Waals surface area contributed by atoms with Gasteiger partial charge in [-0.2, -0.15) is 0 Å². The first-order chi connectivity index (χ1) is 8.57. The van der Waals surface area contributed by atoms with Gasteiger partial charge in [0.1, 0.15) is 0 Å². The maximum atomic E-state index is 6.18. The Bertz CT molecular complexity index is 572. The van der Waals surface area contributed by atoms with Gasteiger partial charge < -0.3 is 5.73 Å². The fourth-order valence-corrected chi connectivity index (χ4v) is 3.70. The smallest absolute Gasteiger partial charge is 0.162 e. The van der Waals surface area contributed by atoms with Crippen LogP contribution in [0.2, 0.25) is 0 Å². The van der Waals surface area contributed by atoms with E-state index >= 15 is 0 Å². The number of aromatic nitrogens is 2. The highest BCUT2D eigenvalue weighted by Crippen LogP contribution is 2.45. The van der Waals surface area contributed by atoms with Crippen LogP contribution in [-0.2, 0) is 12.8 Å². The van der Waals surface area contributed by atoms with Crippen LogP contribution in [0.4, 0.5) is 5.00 Å². The monoisotopic (exact) mass is 259 g/mol. The molecule has 1 aliphatic rings. The van der Waals surface area contributed by atoms with Gasteiger partial charge in [0.2, 0.25) is 0 Å². The lowest BCUT2D eigenvalue weighted by Crippen LogP contribution is -2.21. The molecule has 2 heterocycles. The molecule has 0 saturated heterocycles. The second-order valence-corrected chi connectivity index (χ2v) is 6.79. The van der Waals surface area contributed by atoms with E-state index in [9.17, 15) is 0 Å². The van der Waals surface area contributed by atoms with E-state index in [4.69, 9.17) is 5.73 Å². The molecule has 0 aromatic carbocycles. The average Bonchev–Trinajstić information content (AvgIpc) is 2.64. The van der Waals surface area contributed by atoms with Crippen molar-refractivity contribution < 1.29 is 0 Å². The van der Waals surface area contributed by atoms with Crippen LogP contribution in [-0.4, -0.2) is 9.97 Å². The van der Waals surface area contributed by atoms with Gasteiger partial charge in [0.15, 0.2) is 5.82 Å². The van der Waals surface area contributed by atoms with E-state index in [-0.39, 0.29) is 0 Å². The summed E-state index contributed by atoms with van der Waals surface area (Å²) in [5, 5.41) is 0.865. The van der Waals surface area contributed by atoms with Crippen molar-refractivity contribution in [1.29, 1.82) is 0 Å². The van der Waals surface area contributed by atoms with E-state index in [1.165, 1.54) is 16.9 Å². The summed E-state index contributed by atoms with van der Waals surface area (Å²) >= 11 is 1.71. The SMILES string of the molecule is CC1(C)CCc2sc(N)c(-c3ncccn3)c2C1. The third-order valence-corrected chi connectivity index (χ3v) is 4.71. The molecule has 2 N–H and O–H groups in total. The van der Waals surface area contributed by atoms with E-state index in [2.05, 4.69) is 23.8 Å². The van der Waals surface area contributed by atoms with Gasteiger partial charge in [-0.15, -0.1) is 11.3 Å². The lowest BCUT2D eigenvalue weighted by molar-refractivity contribution is 0.318.